The van der Waals surface area contributed by atoms with Crippen molar-refractivity contribution in [3.05, 3.63) is 0 Å². The molecule has 8 heteroatoms. The van der Waals surface area contributed by atoms with Crippen molar-refractivity contribution < 1.29 is 5.11 Å². The first kappa shape index (κ1) is 21.3. The molecule has 0 rings (SSSR count). The third-order valence-electron chi connectivity index (χ3n) is 2.53. The maximum atomic E-state index is 9.48. The fourth-order valence-corrected chi connectivity index (χ4v) is 6.20. The van der Waals surface area contributed by atoms with Gasteiger partial charge in [0, 0.05) is 4.83 Å². The summed E-state index contributed by atoms with van der Waals surface area (Å²) in [6.45, 7) is 2.10. The molecule has 0 amide bonds. The number of aliphatic hydroxyl groups is 1. The second-order valence-corrected chi connectivity index (χ2v) is 15.9. The molecule has 110 valence electrons. The van der Waals surface area contributed by atoms with Crippen molar-refractivity contribution in [2.45, 2.75) is 47.1 Å². The fraction of sp³-hybridized carbons (Fsp3) is 1.00. The van der Waals surface area contributed by atoms with E-state index in [1.54, 1.807) is 0 Å². The molecule has 0 saturated heterocycles. The van der Waals surface area contributed by atoms with E-state index in [1.165, 1.54) is 12.8 Å². The molecule has 0 aliphatic carbocycles. The van der Waals surface area contributed by atoms with Crippen molar-refractivity contribution in [2.24, 2.45) is 0 Å². The van der Waals surface area contributed by atoms with E-state index in [9.17, 15) is 5.11 Å². The van der Waals surface area contributed by atoms with Crippen LogP contribution in [0.2, 0.25) is 0 Å². The van der Waals surface area contributed by atoms with E-state index in [-0.39, 0.29) is 11.4 Å². The van der Waals surface area contributed by atoms with Crippen LogP contribution < -0.4 is 0 Å². The molecule has 0 fully saturated rings. The summed E-state index contributed by atoms with van der Waals surface area (Å²) in [5, 5.41) is 9.48. The Balaban J connectivity index is 4.88. The molecule has 1 unspecified atom stereocenters. The highest BCUT2D eigenvalue weighted by Crippen LogP contribution is 2.62. The van der Waals surface area contributed by atoms with Gasteiger partial charge in [-0.15, -0.1) is 0 Å². The summed E-state index contributed by atoms with van der Waals surface area (Å²) in [5.74, 6) is 0. The number of halogens is 7. The van der Waals surface area contributed by atoms with E-state index in [0.717, 1.165) is 12.8 Å². The van der Waals surface area contributed by atoms with Gasteiger partial charge in [-0.3, -0.25) is 0 Å². The molecule has 18 heavy (non-hydrogen) atoms. The van der Waals surface area contributed by atoms with Crippen LogP contribution in [0, 0.1) is 0 Å². The predicted octanol–water partition coefficient (Wildman–Crippen LogP) is 6.78. The Bertz CT molecular complexity index is 255. The van der Waals surface area contributed by atoms with Crippen molar-refractivity contribution in [1.82, 2.24) is 0 Å². The lowest BCUT2D eigenvalue weighted by atomic mass is 10.1. The minimum atomic E-state index is -0.712. The van der Waals surface area contributed by atoms with Gasteiger partial charge >= 0.3 is 0 Å². The minimum Gasteiger partial charge on any atom is -0.394 e. The maximum Gasteiger partial charge on any atom is 0.134 e. The van der Waals surface area contributed by atoms with E-state index < -0.39 is 9.70 Å². The predicted molar refractivity (Wildman–Crippen MR) is 106 cm³/mol. The van der Waals surface area contributed by atoms with Gasteiger partial charge in [0.2, 0.25) is 0 Å². The third-order valence-corrected chi connectivity index (χ3v) is 15.8. The molecule has 0 saturated carbocycles. The number of hydrogen-bond acceptors (Lipinski definition) is 1. The number of aliphatic hydroxyl groups excluding tert-OH is 1. The Morgan fingerprint density at radius 2 is 1.50 bits per heavy atom. The SMILES string of the molecule is CCCCCC(Br)C(Br)(Br)C(Br)(Br)C(Br)(Br)CO. The second-order valence-electron chi connectivity index (χ2n) is 4.02. The molecule has 0 aromatic rings. The van der Waals surface area contributed by atoms with Crippen LogP contribution in [0.1, 0.15) is 32.6 Å². The third kappa shape index (κ3) is 5.20. The quantitative estimate of drug-likeness (QED) is 0.218. The summed E-state index contributed by atoms with van der Waals surface area (Å²) in [5.41, 5.74) is 0. The first-order chi connectivity index (χ1) is 8.04. The number of unbranched alkanes of at least 4 members (excludes halogenated alkanes) is 2. The average Bonchev–Trinajstić information content (AvgIpc) is 2.28. The normalized spacial score (nSPS) is 15.8. The van der Waals surface area contributed by atoms with E-state index in [1.807, 2.05) is 0 Å². The molecule has 0 heterocycles. The Hall–Kier alpha value is 3.32. The summed E-state index contributed by atoms with van der Waals surface area (Å²) < 4.78 is -1.84. The van der Waals surface area contributed by atoms with Gasteiger partial charge in [-0.05, 0) is 6.42 Å². The van der Waals surface area contributed by atoms with Crippen LogP contribution in [0.15, 0.2) is 0 Å². The highest BCUT2D eigenvalue weighted by molar-refractivity contribution is 9.33. The first-order valence-electron chi connectivity index (χ1n) is 5.43. The molecule has 0 aliphatic heterocycles. The molecule has 0 aliphatic rings. The van der Waals surface area contributed by atoms with Crippen LogP contribution in [-0.4, -0.2) is 26.2 Å². The van der Waals surface area contributed by atoms with Gasteiger partial charge in [0.1, 0.15) is 9.70 Å². The highest BCUT2D eigenvalue weighted by atomic mass is 79.9. The van der Waals surface area contributed by atoms with Crippen LogP contribution in [-0.2, 0) is 0 Å². The van der Waals surface area contributed by atoms with Crippen molar-refractivity contribution in [1.29, 1.82) is 0 Å². The van der Waals surface area contributed by atoms with Crippen LogP contribution in [0.4, 0.5) is 0 Å². The Labute approximate surface area is 168 Å². The van der Waals surface area contributed by atoms with E-state index >= 15 is 0 Å². The summed E-state index contributed by atoms with van der Waals surface area (Å²) >= 11 is 25.3. The van der Waals surface area contributed by atoms with Crippen LogP contribution in [0.25, 0.3) is 0 Å². The van der Waals surface area contributed by atoms with Crippen LogP contribution in [0.3, 0.4) is 0 Å². The van der Waals surface area contributed by atoms with Crippen molar-refractivity contribution in [3.8, 4) is 0 Å². The molecule has 1 nitrogen and oxygen atoms in total. The average molecular weight is 711 g/mol. The number of alkyl halides is 7. The molecular formula is C10H15Br7O. The lowest BCUT2D eigenvalue weighted by Gasteiger charge is -2.44. The molecule has 0 aromatic carbocycles. The lowest BCUT2D eigenvalue weighted by Crippen LogP contribution is -2.53. The smallest absolute Gasteiger partial charge is 0.134 e. The largest absolute Gasteiger partial charge is 0.394 e. The van der Waals surface area contributed by atoms with Gasteiger partial charge in [0.25, 0.3) is 0 Å². The zero-order valence-corrected chi connectivity index (χ0v) is 20.8. The van der Waals surface area contributed by atoms with E-state index in [0.29, 0.717) is 0 Å². The van der Waals surface area contributed by atoms with Crippen LogP contribution in [0.5, 0.6) is 0 Å². The van der Waals surface area contributed by atoms with Gasteiger partial charge < -0.3 is 5.11 Å². The standard InChI is InChI=1S/C10H15Br7O/c1-2-3-4-5-7(11)9(14,15)10(16,17)8(12,13)6-18/h7,18H,2-6H2,1H3. The zero-order valence-electron chi connectivity index (χ0n) is 9.71. The van der Waals surface area contributed by atoms with Crippen LogP contribution >= 0.6 is 112 Å². The van der Waals surface area contributed by atoms with Gasteiger partial charge in [-0.25, -0.2) is 0 Å². The molecule has 0 aromatic heterocycles. The Morgan fingerprint density at radius 3 is 1.89 bits per heavy atom. The van der Waals surface area contributed by atoms with Gasteiger partial charge in [-0.1, -0.05) is 138 Å². The number of hydrogen-bond donors (Lipinski definition) is 1. The Morgan fingerprint density at radius 1 is 1.00 bits per heavy atom. The van der Waals surface area contributed by atoms with Gasteiger partial charge in [0.05, 0.1) is 6.61 Å². The first-order valence-corrected chi connectivity index (χ1v) is 11.1. The van der Waals surface area contributed by atoms with Crippen molar-refractivity contribution >= 4 is 112 Å². The van der Waals surface area contributed by atoms with Gasteiger partial charge in [0.15, 0.2) is 0 Å². The summed E-state index contributed by atoms with van der Waals surface area (Å²) in [4.78, 5) is 0.177. The molecule has 1 atom stereocenters. The van der Waals surface area contributed by atoms with E-state index in [2.05, 4.69) is 118 Å². The van der Waals surface area contributed by atoms with E-state index in [4.69, 9.17) is 0 Å². The summed E-state index contributed by atoms with van der Waals surface area (Å²) in [7, 11) is 0. The summed E-state index contributed by atoms with van der Waals surface area (Å²) in [6.07, 6.45) is 4.58. The minimum absolute atomic E-state index is 0.0862. The fourth-order valence-electron chi connectivity index (χ4n) is 1.29. The molecule has 0 radical (unpaired) electrons. The molecule has 0 spiro atoms. The lowest BCUT2D eigenvalue weighted by molar-refractivity contribution is 0.282. The zero-order chi connectivity index (χ0) is 14.6. The van der Waals surface area contributed by atoms with Crippen molar-refractivity contribution in [2.75, 3.05) is 6.61 Å². The summed E-state index contributed by atoms with van der Waals surface area (Å²) in [6, 6.07) is 0. The molecular weight excluding hydrogens is 695 g/mol. The number of rotatable bonds is 8. The van der Waals surface area contributed by atoms with Gasteiger partial charge in [-0.2, -0.15) is 0 Å². The topological polar surface area (TPSA) is 20.2 Å². The molecule has 0 bridgehead atoms. The molecule has 1 N–H and O–H groups in total. The maximum absolute atomic E-state index is 9.48. The monoisotopic (exact) mass is 704 g/mol. The Kier molecular flexibility index (Phi) is 10.5. The highest BCUT2D eigenvalue weighted by Gasteiger charge is 2.59. The second kappa shape index (κ2) is 8.82. The van der Waals surface area contributed by atoms with Crippen molar-refractivity contribution in [3.63, 3.8) is 0 Å².